The van der Waals surface area contributed by atoms with E-state index in [0.717, 1.165) is 23.6 Å². The third-order valence-corrected chi connectivity index (χ3v) is 6.99. The van der Waals surface area contributed by atoms with E-state index in [2.05, 4.69) is 20.4 Å². The fraction of sp³-hybridized carbons (Fsp3) is 0.423. The van der Waals surface area contributed by atoms with Crippen LogP contribution in [0.15, 0.2) is 42.6 Å². The summed E-state index contributed by atoms with van der Waals surface area (Å²) in [5.41, 5.74) is 1.81. The molecule has 1 aromatic heterocycles. The van der Waals surface area contributed by atoms with E-state index in [4.69, 9.17) is 4.74 Å². The number of alkyl halides is 2. The first-order chi connectivity index (χ1) is 17.4. The Hall–Kier alpha value is -3.40. The van der Waals surface area contributed by atoms with Gasteiger partial charge in [-0.05, 0) is 31.5 Å². The number of fused-ring (bicyclic) bond motifs is 1. The number of ether oxygens (including phenoxy) is 1. The molecule has 2 saturated heterocycles. The van der Waals surface area contributed by atoms with Gasteiger partial charge >= 0.3 is 0 Å². The number of aromatic nitrogens is 2. The molecule has 2 fully saturated rings. The van der Waals surface area contributed by atoms with Crippen LogP contribution in [-0.2, 0) is 9.53 Å². The number of nitrogens with zero attached hydrogens (tertiary/aromatic N) is 4. The number of anilines is 2. The fourth-order valence-electron chi connectivity index (χ4n) is 4.91. The minimum atomic E-state index is -2.88. The van der Waals surface area contributed by atoms with Gasteiger partial charge in [0, 0.05) is 49.4 Å². The van der Waals surface area contributed by atoms with Crippen LogP contribution < -0.4 is 10.2 Å². The van der Waals surface area contributed by atoms with E-state index in [-0.39, 0.29) is 17.4 Å². The van der Waals surface area contributed by atoms with Crippen LogP contribution in [0.25, 0.3) is 10.9 Å². The molecule has 10 heteroatoms. The van der Waals surface area contributed by atoms with Crippen molar-refractivity contribution in [1.29, 1.82) is 0 Å². The maximum atomic E-state index is 14.7. The van der Waals surface area contributed by atoms with Gasteiger partial charge in [0.25, 0.3) is 6.43 Å². The second-order valence-electron chi connectivity index (χ2n) is 9.25. The van der Waals surface area contributed by atoms with Gasteiger partial charge in [-0.1, -0.05) is 18.2 Å². The summed E-state index contributed by atoms with van der Waals surface area (Å²) in [6, 6.07) is 9.29. The molecule has 0 spiro atoms. The molecule has 1 N–H and O–H groups in total. The molecule has 1 amide bonds. The molecule has 36 heavy (non-hydrogen) atoms. The minimum Gasteiger partial charge on any atom is -0.381 e. The Balaban J connectivity index is 1.33. The second kappa shape index (κ2) is 10.3. The first-order valence-electron chi connectivity index (χ1n) is 12.1. The summed E-state index contributed by atoms with van der Waals surface area (Å²) in [5.74, 6) is -0.765. The first kappa shape index (κ1) is 24.3. The van der Waals surface area contributed by atoms with Crippen molar-refractivity contribution < 1.29 is 22.7 Å². The minimum absolute atomic E-state index is 0.0300. The number of nitrogens with one attached hydrogen (secondary N) is 1. The SMILES string of the molecule is C[C@@H](Nc1cnnc2ccc(N3CCN(C(=O)[C@H]4CCOC4)CC3)cc12)c1cccc(C(F)F)c1F. The van der Waals surface area contributed by atoms with E-state index in [0.29, 0.717) is 50.6 Å². The average molecular weight is 500 g/mol. The van der Waals surface area contributed by atoms with E-state index < -0.39 is 23.8 Å². The van der Waals surface area contributed by atoms with Crippen LogP contribution in [0.3, 0.4) is 0 Å². The van der Waals surface area contributed by atoms with Gasteiger partial charge in [0.2, 0.25) is 5.91 Å². The third kappa shape index (κ3) is 4.82. The lowest BCUT2D eigenvalue weighted by Crippen LogP contribution is -2.50. The number of piperazine rings is 1. The Morgan fingerprint density at radius 3 is 2.64 bits per heavy atom. The maximum Gasteiger partial charge on any atom is 0.266 e. The summed E-state index contributed by atoms with van der Waals surface area (Å²) in [5, 5.41) is 12.3. The Morgan fingerprint density at radius 1 is 1.14 bits per heavy atom. The number of carbonyl (C=O) groups excluding carboxylic acids is 1. The molecule has 7 nitrogen and oxygen atoms in total. The molecule has 0 radical (unpaired) electrons. The molecule has 0 aliphatic carbocycles. The van der Waals surface area contributed by atoms with Crippen molar-refractivity contribution in [2.75, 3.05) is 49.6 Å². The number of hydrogen-bond acceptors (Lipinski definition) is 6. The van der Waals surface area contributed by atoms with Crippen LogP contribution in [0, 0.1) is 11.7 Å². The van der Waals surface area contributed by atoms with E-state index in [9.17, 15) is 18.0 Å². The smallest absolute Gasteiger partial charge is 0.266 e. The maximum absolute atomic E-state index is 14.7. The molecule has 3 heterocycles. The van der Waals surface area contributed by atoms with E-state index in [1.165, 1.54) is 12.1 Å². The van der Waals surface area contributed by atoms with E-state index in [1.807, 2.05) is 23.1 Å². The standard InChI is InChI=1S/C26H28F3N5O2/c1-16(19-3-2-4-20(24(19)27)25(28)29)31-23-14-30-32-22-6-5-18(13-21(22)23)33-8-10-34(11-9-33)26(35)17-7-12-36-15-17/h2-6,13-14,16-17,25H,7-12,15H2,1H3,(H,31,32)/t16-,17+/m1/s1. The summed E-state index contributed by atoms with van der Waals surface area (Å²) >= 11 is 0. The number of halogens is 3. The quantitative estimate of drug-likeness (QED) is 0.536. The van der Waals surface area contributed by atoms with Gasteiger partial charge in [-0.2, -0.15) is 10.2 Å². The lowest BCUT2D eigenvalue weighted by atomic mass is 10.0. The molecule has 2 aliphatic heterocycles. The summed E-state index contributed by atoms with van der Waals surface area (Å²) in [7, 11) is 0. The second-order valence-corrected chi connectivity index (χ2v) is 9.25. The molecule has 2 aromatic carbocycles. The van der Waals surface area contributed by atoms with E-state index >= 15 is 0 Å². The fourth-order valence-corrected chi connectivity index (χ4v) is 4.91. The van der Waals surface area contributed by atoms with Crippen LogP contribution in [0.5, 0.6) is 0 Å². The van der Waals surface area contributed by atoms with E-state index in [1.54, 1.807) is 13.1 Å². The molecule has 0 saturated carbocycles. The number of hydrogen-bond donors (Lipinski definition) is 1. The number of carbonyl (C=O) groups is 1. The lowest BCUT2D eigenvalue weighted by molar-refractivity contribution is -0.135. The van der Waals surface area contributed by atoms with Crippen LogP contribution in [0.1, 0.15) is 36.9 Å². The van der Waals surface area contributed by atoms with Gasteiger partial charge in [-0.3, -0.25) is 4.79 Å². The monoisotopic (exact) mass is 499 g/mol. The summed E-state index contributed by atoms with van der Waals surface area (Å²) in [4.78, 5) is 16.8. The number of benzene rings is 2. The zero-order valence-corrected chi connectivity index (χ0v) is 20.0. The molecule has 3 aromatic rings. The van der Waals surface area contributed by atoms with Crippen LogP contribution in [0.2, 0.25) is 0 Å². The highest BCUT2D eigenvalue weighted by Crippen LogP contribution is 2.32. The third-order valence-electron chi connectivity index (χ3n) is 6.99. The normalized spacial score (nSPS) is 19.2. The molecular formula is C26H28F3N5O2. The van der Waals surface area contributed by atoms with Crippen LogP contribution in [0.4, 0.5) is 24.5 Å². The average Bonchev–Trinajstić information content (AvgIpc) is 3.43. The van der Waals surface area contributed by atoms with Crippen molar-refractivity contribution in [2.45, 2.75) is 25.8 Å². The number of amides is 1. The van der Waals surface area contributed by atoms with Gasteiger partial charge in [0.15, 0.2) is 0 Å². The highest BCUT2D eigenvalue weighted by molar-refractivity contribution is 5.93. The largest absolute Gasteiger partial charge is 0.381 e. The summed E-state index contributed by atoms with van der Waals surface area (Å²) in [6.45, 7) is 5.57. The predicted octanol–water partition coefficient (Wildman–Crippen LogP) is 4.56. The molecule has 5 rings (SSSR count). The van der Waals surface area contributed by atoms with Crippen molar-refractivity contribution in [3.63, 3.8) is 0 Å². The van der Waals surface area contributed by atoms with Gasteiger partial charge in [0.05, 0.1) is 41.5 Å². The molecule has 0 unspecified atom stereocenters. The van der Waals surface area contributed by atoms with Crippen molar-refractivity contribution in [3.05, 3.63) is 59.5 Å². The molecular weight excluding hydrogens is 471 g/mol. The van der Waals surface area contributed by atoms with Crippen LogP contribution in [-0.4, -0.2) is 60.4 Å². The predicted molar refractivity (Wildman–Crippen MR) is 131 cm³/mol. The molecule has 2 atom stereocenters. The highest BCUT2D eigenvalue weighted by Gasteiger charge is 2.30. The summed E-state index contributed by atoms with van der Waals surface area (Å²) in [6.07, 6.45) is -0.544. The van der Waals surface area contributed by atoms with Crippen molar-refractivity contribution in [2.24, 2.45) is 5.92 Å². The first-order valence-corrected chi connectivity index (χ1v) is 12.1. The number of rotatable bonds is 6. The van der Waals surface area contributed by atoms with Crippen LogP contribution >= 0.6 is 0 Å². The van der Waals surface area contributed by atoms with Crippen molar-refractivity contribution in [1.82, 2.24) is 15.1 Å². The zero-order valence-electron chi connectivity index (χ0n) is 20.0. The Bertz CT molecular complexity index is 1240. The zero-order chi connectivity index (χ0) is 25.2. The summed E-state index contributed by atoms with van der Waals surface area (Å²) < 4.78 is 46.4. The topological polar surface area (TPSA) is 70.6 Å². The van der Waals surface area contributed by atoms with Gasteiger partial charge < -0.3 is 19.9 Å². The van der Waals surface area contributed by atoms with Gasteiger partial charge in [-0.15, -0.1) is 0 Å². The molecule has 0 bridgehead atoms. The molecule has 190 valence electrons. The van der Waals surface area contributed by atoms with Crippen molar-refractivity contribution in [3.8, 4) is 0 Å². The lowest BCUT2D eigenvalue weighted by Gasteiger charge is -2.37. The van der Waals surface area contributed by atoms with Gasteiger partial charge in [0.1, 0.15) is 5.82 Å². The Labute approximate surface area is 207 Å². The van der Waals surface area contributed by atoms with Crippen molar-refractivity contribution >= 4 is 28.2 Å². The van der Waals surface area contributed by atoms with Gasteiger partial charge in [-0.25, -0.2) is 13.2 Å². The molecule has 2 aliphatic rings. The highest BCUT2D eigenvalue weighted by atomic mass is 19.3. The Kier molecular flexibility index (Phi) is 6.95. The Morgan fingerprint density at radius 2 is 1.92 bits per heavy atom.